The molecule has 4 heteroatoms. The first-order valence-electron chi connectivity index (χ1n) is 8.77. The molecule has 0 unspecified atom stereocenters. The molecule has 0 spiro atoms. The third kappa shape index (κ3) is 3.41. The van der Waals surface area contributed by atoms with Crippen LogP contribution >= 0.6 is 0 Å². The zero-order valence-corrected chi connectivity index (χ0v) is 13.9. The van der Waals surface area contributed by atoms with Gasteiger partial charge in [-0.3, -0.25) is 9.59 Å². The van der Waals surface area contributed by atoms with E-state index in [1.807, 2.05) is 23.1 Å². The quantitative estimate of drug-likeness (QED) is 0.849. The van der Waals surface area contributed by atoms with Crippen LogP contribution in [0, 0.1) is 5.41 Å². The van der Waals surface area contributed by atoms with Crippen molar-refractivity contribution in [1.29, 1.82) is 0 Å². The number of fused-ring (bicyclic) bond motifs is 1. The lowest BCUT2D eigenvalue weighted by Crippen LogP contribution is -2.38. The van der Waals surface area contributed by atoms with Crippen molar-refractivity contribution >= 4 is 17.5 Å². The van der Waals surface area contributed by atoms with Crippen molar-refractivity contribution in [3.63, 3.8) is 0 Å². The maximum absolute atomic E-state index is 12.4. The van der Waals surface area contributed by atoms with Gasteiger partial charge in [-0.25, -0.2) is 0 Å². The largest absolute Gasteiger partial charge is 0.356 e. The molecule has 1 saturated carbocycles. The Bertz CT molecular complexity index is 591. The normalized spacial score (nSPS) is 18.7. The maximum atomic E-state index is 12.4. The number of nitrogens with one attached hydrogen (secondary N) is 1. The van der Waals surface area contributed by atoms with E-state index in [0.29, 0.717) is 19.4 Å². The van der Waals surface area contributed by atoms with E-state index in [0.717, 1.165) is 44.3 Å². The molecule has 0 bridgehead atoms. The zero-order chi connectivity index (χ0) is 16.3. The summed E-state index contributed by atoms with van der Waals surface area (Å²) in [5.41, 5.74) is 2.13. The molecule has 2 amide bonds. The highest BCUT2D eigenvalue weighted by molar-refractivity contribution is 5.95. The molecule has 0 aromatic heterocycles. The molecule has 2 aliphatic rings. The monoisotopic (exact) mass is 314 g/mol. The first-order valence-corrected chi connectivity index (χ1v) is 8.77. The van der Waals surface area contributed by atoms with Crippen LogP contribution in [0.4, 0.5) is 5.69 Å². The highest BCUT2D eigenvalue weighted by atomic mass is 16.2. The number of para-hydroxylation sites is 1. The van der Waals surface area contributed by atoms with E-state index in [1.165, 1.54) is 5.56 Å². The molecular formula is C19H26N2O2. The average molecular weight is 314 g/mol. The number of hydrogen-bond donors (Lipinski definition) is 1. The van der Waals surface area contributed by atoms with Gasteiger partial charge in [0.25, 0.3) is 0 Å². The molecule has 0 atom stereocenters. The van der Waals surface area contributed by atoms with Crippen LogP contribution in [0.25, 0.3) is 0 Å². The molecular weight excluding hydrogens is 288 g/mol. The van der Waals surface area contributed by atoms with Gasteiger partial charge in [-0.05, 0) is 37.3 Å². The molecule has 23 heavy (non-hydrogen) atoms. The minimum atomic E-state index is -0.183. The third-order valence-corrected chi connectivity index (χ3v) is 5.30. The average Bonchev–Trinajstić information content (AvgIpc) is 3.18. The van der Waals surface area contributed by atoms with Crippen molar-refractivity contribution < 1.29 is 9.59 Å². The first kappa shape index (κ1) is 16.0. The van der Waals surface area contributed by atoms with Crippen LogP contribution in [-0.2, 0) is 16.0 Å². The molecule has 1 aromatic rings. The summed E-state index contributed by atoms with van der Waals surface area (Å²) >= 11 is 0. The molecule has 1 fully saturated rings. The van der Waals surface area contributed by atoms with Crippen molar-refractivity contribution in [2.24, 2.45) is 5.41 Å². The lowest BCUT2D eigenvalue weighted by Gasteiger charge is -2.22. The summed E-state index contributed by atoms with van der Waals surface area (Å²) in [6.07, 6.45) is 6.42. The van der Waals surface area contributed by atoms with Gasteiger partial charge < -0.3 is 10.2 Å². The van der Waals surface area contributed by atoms with Crippen LogP contribution in [0.2, 0.25) is 0 Å². The molecule has 4 nitrogen and oxygen atoms in total. The molecule has 1 aliphatic carbocycles. The molecule has 1 aliphatic heterocycles. The highest BCUT2D eigenvalue weighted by Crippen LogP contribution is 2.37. The Morgan fingerprint density at radius 1 is 1.22 bits per heavy atom. The van der Waals surface area contributed by atoms with Crippen molar-refractivity contribution in [2.75, 3.05) is 18.0 Å². The van der Waals surface area contributed by atoms with E-state index in [-0.39, 0.29) is 17.2 Å². The van der Waals surface area contributed by atoms with E-state index < -0.39 is 0 Å². The minimum Gasteiger partial charge on any atom is -0.356 e. The standard InChI is InChI=1S/C19H26N2O2/c1-19(11-4-5-12-19)18(23)20-13-6-9-17(22)21-14-10-15-7-2-3-8-16(15)21/h2-3,7-8H,4-6,9-14H2,1H3,(H,20,23). The van der Waals surface area contributed by atoms with Gasteiger partial charge in [0.15, 0.2) is 0 Å². The fourth-order valence-electron chi connectivity index (χ4n) is 3.77. The number of rotatable bonds is 5. The van der Waals surface area contributed by atoms with Gasteiger partial charge in [-0.1, -0.05) is 38.0 Å². The molecule has 1 aromatic carbocycles. The maximum Gasteiger partial charge on any atom is 0.227 e. The third-order valence-electron chi connectivity index (χ3n) is 5.30. The Balaban J connectivity index is 1.43. The van der Waals surface area contributed by atoms with Crippen molar-refractivity contribution in [3.8, 4) is 0 Å². The topological polar surface area (TPSA) is 49.4 Å². The number of anilines is 1. The fraction of sp³-hybridized carbons (Fsp3) is 0.579. The Morgan fingerprint density at radius 3 is 2.74 bits per heavy atom. The number of amides is 2. The summed E-state index contributed by atoms with van der Waals surface area (Å²) in [4.78, 5) is 26.5. The van der Waals surface area contributed by atoms with Gasteiger partial charge in [-0.2, -0.15) is 0 Å². The summed E-state index contributed by atoms with van der Waals surface area (Å²) < 4.78 is 0. The lowest BCUT2D eigenvalue weighted by molar-refractivity contribution is -0.130. The zero-order valence-electron chi connectivity index (χ0n) is 13.9. The number of carbonyl (C=O) groups excluding carboxylic acids is 2. The summed E-state index contributed by atoms with van der Waals surface area (Å²) in [5.74, 6) is 0.324. The number of carbonyl (C=O) groups is 2. The Labute approximate surface area is 138 Å². The summed E-state index contributed by atoms with van der Waals surface area (Å²) in [7, 11) is 0. The van der Waals surface area contributed by atoms with Gasteiger partial charge in [0.05, 0.1) is 0 Å². The van der Waals surface area contributed by atoms with Gasteiger partial charge in [0, 0.05) is 30.6 Å². The SMILES string of the molecule is CC1(C(=O)NCCCC(=O)N2CCc3ccccc32)CCCC1. The van der Waals surface area contributed by atoms with Gasteiger partial charge in [-0.15, -0.1) is 0 Å². The van der Waals surface area contributed by atoms with Crippen molar-refractivity contribution in [2.45, 2.75) is 51.9 Å². The highest BCUT2D eigenvalue weighted by Gasteiger charge is 2.35. The Morgan fingerprint density at radius 2 is 1.96 bits per heavy atom. The predicted molar refractivity (Wildman–Crippen MR) is 91.3 cm³/mol. The fourth-order valence-corrected chi connectivity index (χ4v) is 3.77. The first-order chi connectivity index (χ1) is 11.1. The van der Waals surface area contributed by atoms with E-state index in [4.69, 9.17) is 0 Å². The minimum absolute atomic E-state index is 0.161. The lowest BCUT2D eigenvalue weighted by atomic mass is 9.88. The van der Waals surface area contributed by atoms with Crippen LogP contribution in [-0.4, -0.2) is 24.9 Å². The Hall–Kier alpha value is -1.84. The molecule has 124 valence electrons. The van der Waals surface area contributed by atoms with E-state index in [1.54, 1.807) is 0 Å². The van der Waals surface area contributed by atoms with Crippen molar-refractivity contribution in [1.82, 2.24) is 5.32 Å². The Kier molecular flexibility index (Phi) is 4.69. The van der Waals surface area contributed by atoms with Crippen LogP contribution in [0.1, 0.15) is 51.0 Å². The summed E-state index contributed by atoms with van der Waals surface area (Å²) in [6, 6.07) is 8.10. The van der Waals surface area contributed by atoms with Crippen molar-refractivity contribution in [3.05, 3.63) is 29.8 Å². The second kappa shape index (κ2) is 6.73. The van der Waals surface area contributed by atoms with Crippen LogP contribution in [0.5, 0.6) is 0 Å². The molecule has 1 heterocycles. The van der Waals surface area contributed by atoms with Gasteiger partial charge >= 0.3 is 0 Å². The van der Waals surface area contributed by atoms with Crippen LogP contribution < -0.4 is 10.2 Å². The molecule has 1 N–H and O–H groups in total. The van der Waals surface area contributed by atoms with E-state index in [2.05, 4.69) is 18.3 Å². The van der Waals surface area contributed by atoms with Gasteiger partial charge in [0.2, 0.25) is 11.8 Å². The number of benzene rings is 1. The molecule has 0 saturated heterocycles. The van der Waals surface area contributed by atoms with Crippen LogP contribution in [0.15, 0.2) is 24.3 Å². The number of hydrogen-bond acceptors (Lipinski definition) is 2. The molecule has 0 radical (unpaired) electrons. The van der Waals surface area contributed by atoms with E-state index >= 15 is 0 Å². The molecule has 3 rings (SSSR count). The smallest absolute Gasteiger partial charge is 0.227 e. The second-order valence-corrected chi connectivity index (χ2v) is 7.05. The number of nitrogens with zero attached hydrogens (tertiary/aromatic N) is 1. The van der Waals surface area contributed by atoms with Gasteiger partial charge in [0.1, 0.15) is 0 Å². The summed E-state index contributed by atoms with van der Waals surface area (Å²) in [5, 5.41) is 3.02. The predicted octanol–water partition coefficient (Wildman–Crippen LogP) is 3.05. The summed E-state index contributed by atoms with van der Waals surface area (Å²) in [6.45, 7) is 3.43. The van der Waals surface area contributed by atoms with E-state index in [9.17, 15) is 9.59 Å². The van der Waals surface area contributed by atoms with Crippen LogP contribution in [0.3, 0.4) is 0 Å². The second-order valence-electron chi connectivity index (χ2n) is 7.05.